The molecule has 0 atom stereocenters. The monoisotopic (exact) mass is 272 g/mol. The molecule has 0 saturated heterocycles. The lowest BCUT2D eigenvalue weighted by Gasteiger charge is -2.36. The second-order valence-corrected chi connectivity index (χ2v) is 6.80. The molecule has 1 aromatic heterocycles. The Morgan fingerprint density at radius 2 is 2.11 bits per heavy atom. The highest BCUT2D eigenvalue weighted by molar-refractivity contribution is 7.89. The number of hydrogen-bond donors (Lipinski definition) is 2. The van der Waals surface area contributed by atoms with Gasteiger partial charge in [-0.25, -0.2) is 18.1 Å². The Bertz CT molecular complexity index is 475. The highest BCUT2D eigenvalue weighted by Crippen LogP contribution is 2.33. The van der Waals surface area contributed by atoms with Crippen molar-refractivity contribution in [2.24, 2.45) is 0 Å². The van der Waals surface area contributed by atoms with Crippen molar-refractivity contribution in [3.8, 4) is 0 Å². The zero-order valence-corrected chi connectivity index (χ0v) is 11.6. The standard InChI is InChI=1S/C11H20N4O2S/c1-15(2)11(5-3-4-6-11)8-14-18(16,17)10-7-12-9-13-10/h7,9,14H,3-6,8H2,1-2H3,(H,12,13). The van der Waals surface area contributed by atoms with E-state index in [1.54, 1.807) is 0 Å². The molecule has 1 heterocycles. The summed E-state index contributed by atoms with van der Waals surface area (Å²) in [7, 11) is 0.549. The van der Waals surface area contributed by atoms with Gasteiger partial charge in [0.15, 0.2) is 5.03 Å². The Hall–Kier alpha value is -0.920. The van der Waals surface area contributed by atoms with E-state index in [0.29, 0.717) is 6.54 Å². The van der Waals surface area contributed by atoms with Crippen LogP contribution in [0.1, 0.15) is 25.7 Å². The molecule has 2 N–H and O–H groups in total. The van der Waals surface area contributed by atoms with E-state index in [0.717, 1.165) is 25.7 Å². The van der Waals surface area contributed by atoms with Crippen molar-refractivity contribution in [3.63, 3.8) is 0 Å². The van der Waals surface area contributed by atoms with E-state index in [4.69, 9.17) is 0 Å². The van der Waals surface area contributed by atoms with Gasteiger partial charge in [0.2, 0.25) is 0 Å². The zero-order valence-electron chi connectivity index (χ0n) is 10.8. The number of hydrogen-bond acceptors (Lipinski definition) is 4. The molecule has 7 heteroatoms. The van der Waals surface area contributed by atoms with Crippen LogP contribution in [0.5, 0.6) is 0 Å². The van der Waals surface area contributed by atoms with E-state index in [-0.39, 0.29) is 10.6 Å². The van der Waals surface area contributed by atoms with Crippen LogP contribution in [-0.2, 0) is 10.0 Å². The number of imidazole rings is 1. The van der Waals surface area contributed by atoms with Crippen LogP contribution in [0.2, 0.25) is 0 Å². The molecule has 6 nitrogen and oxygen atoms in total. The Morgan fingerprint density at radius 3 is 2.61 bits per heavy atom. The van der Waals surface area contributed by atoms with Gasteiger partial charge in [0, 0.05) is 12.1 Å². The summed E-state index contributed by atoms with van der Waals surface area (Å²) >= 11 is 0. The fourth-order valence-electron chi connectivity index (χ4n) is 2.51. The van der Waals surface area contributed by atoms with Crippen molar-refractivity contribution in [2.45, 2.75) is 36.2 Å². The third-order valence-corrected chi connectivity index (χ3v) is 5.16. The molecule has 1 fully saturated rings. The van der Waals surface area contributed by atoms with Gasteiger partial charge in [0.1, 0.15) is 0 Å². The first-order valence-electron chi connectivity index (χ1n) is 6.12. The van der Waals surface area contributed by atoms with Gasteiger partial charge in [-0.15, -0.1) is 0 Å². The van der Waals surface area contributed by atoms with Gasteiger partial charge in [-0.1, -0.05) is 12.8 Å². The van der Waals surface area contributed by atoms with Crippen LogP contribution in [0.3, 0.4) is 0 Å². The number of likely N-dealkylation sites (N-methyl/N-ethyl adjacent to an activating group) is 1. The fourth-order valence-corrected chi connectivity index (χ4v) is 3.53. The fraction of sp³-hybridized carbons (Fsp3) is 0.727. The maximum atomic E-state index is 12.0. The summed E-state index contributed by atoms with van der Waals surface area (Å²) in [5, 5.41) is 0.120. The number of nitrogens with one attached hydrogen (secondary N) is 2. The molecule has 0 spiro atoms. The number of aromatic nitrogens is 2. The van der Waals surface area contributed by atoms with Crippen LogP contribution >= 0.6 is 0 Å². The lowest BCUT2D eigenvalue weighted by Crippen LogP contribution is -2.50. The van der Waals surface area contributed by atoms with Crippen molar-refractivity contribution >= 4 is 10.0 Å². The molecule has 0 radical (unpaired) electrons. The largest absolute Gasteiger partial charge is 0.335 e. The third kappa shape index (κ3) is 2.57. The van der Waals surface area contributed by atoms with Gasteiger partial charge < -0.3 is 9.88 Å². The minimum absolute atomic E-state index is 0.0485. The molecule has 0 bridgehead atoms. The van der Waals surface area contributed by atoms with Gasteiger partial charge in [-0.05, 0) is 26.9 Å². The zero-order chi connectivity index (χ0) is 13.2. The maximum absolute atomic E-state index is 12.0. The van der Waals surface area contributed by atoms with Crippen LogP contribution in [-0.4, -0.2) is 49.5 Å². The van der Waals surface area contributed by atoms with Crippen LogP contribution in [0, 0.1) is 0 Å². The summed E-state index contributed by atoms with van der Waals surface area (Å²) in [5.74, 6) is 0. The molecule has 0 unspecified atom stereocenters. The third-order valence-electron chi connectivity index (χ3n) is 3.84. The number of aromatic amines is 1. The molecule has 0 amide bonds. The summed E-state index contributed by atoms with van der Waals surface area (Å²) in [6.07, 6.45) is 7.07. The minimum atomic E-state index is -3.47. The van der Waals surface area contributed by atoms with Crippen molar-refractivity contribution in [3.05, 3.63) is 12.5 Å². The van der Waals surface area contributed by atoms with Crippen molar-refractivity contribution < 1.29 is 8.42 Å². The second-order valence-electron chi connectivity index (χ2n) is 5.07. The number of sulfonamides is 1. The first-order chi connectivity index (χ1) is 8.46. The Kier molecular flexibility index (Phi) is 3.74. The molecule has 18 heavy (non-hydrogen) atoms. The number of H-pyrrole nitrogens is 1. The lowest BCUT2D eigenvalue weighted by molar-refractivity contribution is 0.162. The molecule has 0 aliphatic heterocycles. The Balaban J connectivity index is 2.07. The van der Waals surface area contributed by atoms with E-state index in [2.05, 4.69) is 19.6 Å². The number of rotatable bonds is 5. The first kappa shape index (κ1) is 13.5. The molecule has 0 aromatic carbocycles. The molecule has 1 saturated carbocycles. The summed E-state index contributed by atoms with van der Waals surface area (Å²) in [4.78, 5) is 8.49. The average Bonchev–Trinajstić information content (AvgIpc) is 2.99. The average molecular weight is 272 g/mol. The van der Waals surface area contributed by atoms with Crippen LogP contribution < -0.4 is 4.72 Å². The second kappa shape index (κ2) is 4.99. The van der Waals surface area contributed by atoms with Crippen molar-refractivity contribution in [1.29, 1.82) is 0 Å². The van der Waals surface area contributed by atoms with Crippen LogP contribution in [0.15, 0.2) is 17.6 Å². The summed E-state index contributed by atoms with van der Waals surface area (Å²) < 4.78 is 26.7. The smallest absolute Gasteiger partial charge is 0.257 e. The van der Waals surface area contributed by atoms with E-state index in [1.807, 2.05) is 14.1 Å². The topological polar surface area (TPSA) is 78.1 Å². The normalized spacial score (nSPS) is 19.5. The van der Waals surface area contributed by atoms with Crippen LogP contribution in [0.4, 0.5) is 0 Å². The summed E-state index contributed by atoms with van der Waals surface area (Å²) in [6, 6.07) is 0. The predicted octanol–water partition coefficient (Wildman–Crippen LogP) is 0.562. The van der Waals surface area contributed by atoms with E-state index >= 15 is 0 Å². The van der Waals surface area contributed by atoms with Crippen molar-refractivity contribution in [2.75, 3.05) is 20.6 Å². The highest BCUT2D eigenvalue weighted by Gasteiger charge is 2.37. The van der Waals surface area contributed by atoms with E-state index in [1.165, 1.54) is 12.5 Å². The SMILES string of the molecule is CN(C)C1(CNS(=O)(=O)c2cnc[nH]2)CCCC1. The Labute approximate surface area is 108 Å². The van der Waals surface area contributed by atoms with E-state index in [9.17, 15) is 8.42 Å². The number of nitrogens with zero attached hydrogens (tertiary/aromatic N) is 2. The summed E-state index contributed by atoms with van der Waals surface area (Å²) in [6.45, 7) is 0.446. The van der Waals surface area contributed by atoms with Gasteiger partial charge in [-0.3, -0.25) is 0 Å². The van der Waals surface area contributed by atoms with Crippen molar-refractivity contribution in [1.82, 2.24) is 19.6 Å². The lowest BCUT2D eigenvalue weighted by atomic mass is 9.97. The first-order valence-corrected chi connectivity index (χ1v) is 7.60. The molecular weight excluding hydrogens is 252 g/mol. The molecule has 2 rings (SSSR count). The Morgan fingerprint density at radius 1 is 1.44 bits per heavy atom. The molecular formula is C11H20N4O2S. The predicted molar refractivity (Wildman–Crippen MR) is 68.7 cm³/mol. The molecule has 102 valence electrons. The highest BCUT2D eigenvalue weighted by atomic mass is 32.2. The van der Waals surface area contributed by atoms with E-state index < -0.39 is 10.0 Å². The van der Waals surface area contributed by atoms with Gasteiger partial charge in [-0.2, -0.15) is 0 Å². The minimum Gasteiger partial charge on any atom is -0.335 e. The molecule has 1 aliphatic rings. The van der Waals surface area contributed by atoms with Gasteiger partial charge in [0.05, 0.1) is 12.5 Å². The maximum Gasteiger partial charge on any atom is 0.257 e. The molecule has 1 aliphatic carbocycles. The quantitative estimate of drug-likeness (QED) is 0.821. The van der Waals surface area contributed by atoms with Gasteiger partial charge >= 0.3 is 0 Å². The van der Waals surface area contributed by atoms with Crippen LogP contribution in [0.25, 0.3) is 0 Å². The molecule has 1 aromatic rings. The summed E-state index contributed by atoms with van der Waals surface area (Å²) in [5.41, 5.74) is -0.0485. The van der Waals surface area contributed by atoms with Gasteiger partial charge in [0.25, 0.3) is 10.0 Å².